The minimum Gasteiger partial charge on any atom is -0.207 e. The highest BCUT2D eigenvalue weighted by Gasteiger charge is 2.34. The zero-order chi connectivity index (χ0) is 31.6. The summed E-state index contributed by atoms with van der Waals surface area (Å²) in [6, 6.07) is 22.3. The van der Waals surface area contributed by atoms with Gasteiger partial charge in [0.15, 0.2) is 5.36 Å². The summed E-state index contributed by atoms with van der Waals surface area (Å²) in [6.07, 6.45) is -2.97. The van der Waals surface area contributed by atoms with E-state index in [1.165, 1.54) is 12.1 Å². The lowest BCUT2D eigenvalue weighted by Crippen LogP contribution is -2.07. The lowest BCUT2D eigenvalue weighted by atomic mass is 10.0. The van der Waals surface area contributed by atoms with Gasteiger partial charge >= 0.3 is 6.18 Å². The average Bonchev–Trinajstić information content (AvgIpc) is 3.48. The first-order valence-electron chi connectivity index (χ1n) is 13.6. The van der Waals surface area contributed by atoms with Crippen LogP contribution < -0.4 is 10.7 Å². The van der Waals surface area contributed by atoms with Crippen LogP contribution in [-0.4, -0.2) is 0 Å². The van der Waals surface area contributed by atoms with Crippen LogP contribution in [0.15, 0.2) is 95.0 Å². The van der Waals surface area contributed by atoms with E-state index in [4.69, 9.17) is 6.57 Å². The standard InChI is InChI=1S/C36H17F5N4/c1-18-3-4-21(13-32(18)37)20-6-9-24-26-15-29-25(16-30(26)35(45-43-2)28(24)12-20)23-8-5-19(11-27(23)34(29)44-17-42)22-7-10-31(33(38)14-22)36(39,40)41/h3-16H,1H3/b44-34?,45-35+. The van der Waals surface area contributed by atoms with Crippen molar-refractivity contribution in [3.63, 3.8) is 0 Å². The molecule has 0 aliphatic carbocycles. The minimum atomic E-state index is -4.82. The summed E-state index contributed by atoms with van der Waals surface area (Å²) in [7, 11) is 0. The fraction of sp³-hybridized carbons (Fsp3) is 0.0556. The van der Waals surface area contributed by atoms with Crippen LogP contribution in [0.2, 0.25) is 0 Å². The molecule has 0 fully saturated rings. The van der Waals surface area contributed by atoms with Crippen LogP contribution >= 0.6 is 0 Å². The number of nitriles is 1. The van der Waals surface area contributed by atoms with Gasteiger partial charge in [0.05, 0.1) is 16.0 Å². The zero-order valence-electron chi connectivity index (χ0n) is 23.3. The molecule has 0 heterocycles. The van der Waals surface area contributed by atoms with Gasteiger partial charge in [-0.25, -0.2) is 8.78 Å². The molecule has 7 aromatic carbocycles. The first kappa shape index (κ1) is 27.9. The Morgan fingerprint density at radius 2 is 1.11 bits per heavy atom. The van der Waals surface area contributed by atoms with E-state index < -0.39 is 17.6 Å². The highest BCUT2D eigenvalue weighted by atomic mass is 19.4. The third kappa shape index (κ3) is 4.40. The Bertz CT molecular complexity index is 2590. The molecule has 7 aromatic rings. The van der Waals surface area contributed by atoms with E-state index in [9.17, 15) is 27.2 Å². The predicted molar refractivity (Wildman–Crippen MR) is 163 cm³/mol. The van der Waals surface area contributed by atoms with Gasteiger partial charge < -0.3 is 0 Å². The average molecular weight is 601 g/mol. The summed E-state index contributed by atoms with van der Waals surface area (Å²) in [4.78, 5) is 7.41. The lowest BCUT2D eigenvalue weighted by molar-refractivity contribution is -0.139. The molecular weight excluding hydrogens is 583 g/mol. The molecule has 0 amide bonds. The monoisotopic (exact) mass is 600 g/mol. The predicted octanol–water partition coefficient (Wildman–Crippen LogP) is 9.23. The fourth-order valence-electron chi connectivity index (χ4n) is 6.06. The van der Waals surface area contributed by atoms with Gasteiger partial charge in [0.25, 0.3) is 0 Å². The molecule has 216 valence electrons. The molecule has 0 saturated carbocycles. The molecule has 0 aromatic heterocycles. The van der Waals surface area contributed by atoms with E-state index in [0.29, 0.717) is 60.4 Å². The number of benzene rings is 5. The largest absolute Gasteiger partial charge is 0.419 e. The number of nitrogens with zero attached hydrogens (tertiary/aromatic N) is 4. The molecule has 0 bridgehead atoms. The normalized spacial score (nSPS) is 12.9. The van der Waals surface area contributed by atoms with Crippen LogP contribution in [0.25, 0.3) is 70.3 Å². The Balaban J connectivity index is 1.48. The minimum absolute atomic E-state index is 0.239. The summed E-state index contributed by atoms with van der Waals surface area (Å²) in [5, 5.41) is 20.2. The Morgan fingerprint density at radius 3 is 1.64 bits per heavy atom. The highest BCUT2D eigenvalue weighted by molar-refractivity contribution is 6.21. The van der Waals surface area contributed by atoms with Gasteiger partial charge in [-0.1, -0.05) is 42.5 Å². The maximum absolute atomic E-state index is 14.4. The first-order valence-corrected chi connectivity index (χ1v) is 13.6. The smallest absolute Gasteiger partial charge is 0.207 e. The van der Waals surface area contributed by atoms with E-state index in [1.54, 1.807) is 31.2 Å². The van der Waals surface area contributed by atoms with Crippen molar-refractivity contribution in [2.24, 2.45) is 10.1 Å². The second-order valence-corrected chi connectivity index (χ2v) is 10.7. The third-order valence-electron chi connectivity index (χ3n) is 8.22. The van der Waals surface area contributed by atoms with E-state index in [-0.39, 0.29) is 11.4 Å². The molecule has 0 N–H and O–H groups in total. The number of rotatable bonds is 2. The van der Waals surface area contributed by atoms with Gasteiger partial charge in [-0.3, -0.25) is 0 Å². The van der Waals surface area contributed by atoms with Gasteiger partial charge in [0.1, 0.15) is 11.6 Å². The Kier molecular flexibility index (Phi) is 6.24. The third-order valence-corrected chi connectivity index (χ3v) is 8.22. The molecule has 45 heavy (non-hydrogen) atoms. The SMILES string of the molecule is [C-]#[N+]/N=c1\c2cc(-c3ccc(C)c(F)c3)ccc2c2cc3c(=NC#N)c4cc(-c5ccc(C(F)(F)F)c(F)c5)ccc4c3cc12. The highest BCUT2D eigenvalue weighted by Crippen LogP contribution is 2.37. The summed E-state index contributed by atoms with van der Waals surface area (Å²) < 4.78 is 68.1. The molecule has 9 heteroatoms. The molecular formula is C36H17F5N4. The summed E-state index contributed by atoms with van der Waals surface area (Å²) in [6.45, 7) is 9.18. The molecule has 4 nitrogen and oxygen atoms in total. The van der Waals surface area contributed by atoms with Crippen LogP contribution in [-0.2, 0) is 6.18 Å². The molecule has 0 atom stereocenters. The van der Waals surface area contributed by atoms with Crippen molar-refractivity contribution < 1.29 is 22.0 Å². The molecule has 0 spiro atoms. The van der Waals surface area contributed by atoms with Gasteiger partial charge in [-0.15, -0.1) is 4.95 Å². The quantitative estimate of drug-likeness (QED) is 0.0845. The van der Waals surface area contributed by atoms with Crippen molar-refractivity contribution >= 4 is 43.1 Å². The summed E-state index contributed by atoms with van der Waals surface area (Å²) in [5.74, 6) is -1.70. The van der Waals surface area contributed by atoms with E-state index in [1.807, 2.05) is 42.6 Å². The van der Waals surface area contributed by atoms with Crippen molar-refractivity contribution in [3.05, 3.63) is 130 Å². The first-order chi connectivity index (χ1) is 21.6. The number of fused-ring (bicyclic) bond motifs is 6. The Labute approximate surface area is 251 Å². The maximum Gasteiger partial charge on any atom is 0.419 e. The number of hydrogen-bond acceptors (Lipinski definition) is 3. The number of alkyl halides is 3. The van der Waals surface area contributed by atoms with Gasteiger partial charge in [0, 0.05) is 21.5 Å². The van der Waals surface area contributed by atoms with Crippen molar-refractivity contribution in [2.45, 2.75) is 13.1 Å². The van der Waals surface area contributed by atoms with Crippen molar-refractivity contribution in [1.29, 1.82) is 5.26 Å². The van der Waals surface area contributed by atoms with Crippen LogP contribution in [0.5, 0.6) is 0 Å². The topological polar surface area (TPSA) is 52.9 Å². The van der Waals surface area contributed by atoms with Crippen LogP contribution in [0.3, 0.4) is 0 Å². The lowest BCUT2D eigenvalue weighted by Gasteiger charge is -2.09. The Hall–Kier alpha value is -5.93. The van der Waals surface area contributed by atoms with Gasteiger partial charge in [0.2, 0.25) is 6.19 Å². The van der Waals surface area contributed by atoms with Crippen molar-refractivity contribution in [2.75, 3.05) is 0 Å². The maximum atomic E-state index is 14.4. The van der Waals surface area contributed by atoms with Crippen LogP contribution in [0.1, 0.15) is 11.1 Å². The van der Waals surface area contributed by atoms with Crippen LogP contribution in [0, 0.1) is 36.6 Å². The van der Waals surface area contributed by atoms with E-state index in [2.05, 4.69) is 15.0 Å². The summed E-state index contributed by atoms with van der Waals surface area (Å²) in [5.41, 5.74) is 1.32. The zero-order valence-corrected chi connectivity index (χ0v) is 23.3. The van der Waals surface area contributed by atoms with Gasteiger partial charge in [-0.05, 0) is 98.8 Å². The van der Waals surface area contributed by atoms with Crippen molar-refractivity contribution in [1.82, 2.24) is 0 Å². The molecule has 0 saturated heterocycles. The molecule has 0 unspecified atom stereocenters. The molecule has 0 aliphatic rings. The van der Waals surface area contributed by atoms with Crippen molar-refractivity contribution in [3.8, 4) is 28.4 Å². The van der Waals surface area contributed by atoms with E-state index in [0.717, 1.165) is 27.8 Å². The number of halogens is 5. The van der Waals surface area contributed by atoms with Crippen LogP contribution in [0.4, 0.5) is 22.0 Å². The second kappa shape index (κ2) is 10.1. The number of aryl methyl sites for hydroxylation is 1. The second-order valence-electron chi connectivity index (χ2n) is 10.7. The van der Waals surface area contributed by atoms with Gasteiger partial charge in [-0.2, -0.15) is 30.0 Å². The molecule has 7 rings (SSSR count). The Morgan fingerprint density at radius 1 is 0.622 bits per heavy atom. The molecule has 0 radical (unpaired) electrons. The molecule has 0 aliphatic heterocycles. The number of hydrogen-bond donors (Lipinski definition) is 0. The van der Waals surface area contributed by atoms with E-state index >= 15 is 0 Å². The summed E-state index contributed by atoms with van der Waals surface area (Å²) >= 11 is 0. The fourth-order valence-corrected chi connectivity index (χ4v) is 6.06.